The Morgan fingerprint density at radius 1 is 1.25 bits per heavy atom. The molecular weight excluding hydrogens is 256 g/mol. The zero-order valence-electron chi connectivity index (χ0n) is 11.4. The van der Waals surface area contributed by atoms with E-state index in [1.54, 1.807) is 12.1 Å². The highest BCUT2D eigenvalue weighted by molar-refractivity contribution is 5.99. The van der Waals surface area contributed by atoms with Crippen LogP contribution in [0.5, 0.6) is 0 Å². The molecule has 1 aliphatic rings. The van der Waals surface area contributed by atoms with Crippen LogP contribution in [0.2, 0.25) is 0 Å². The average molecular weight is 276 g/mol. The van der Waals surface area contributed by atoms with Crippen molar-refractivity contribution in [1.29, 1.82) is 0 Å². The number of carboxylic acids is 1. The zero-order valence-corrected chi connectivity index (χ0v) is 11.4. The van der Waals surface area contributed by atoms with Crippen molar-refractivity contribution in [1.82, 2.24) is 4.90 Å². The van der Waals surface area contributed by atoms with Crippen molar-refractivity contribution >= 4 is 17.6 Å². The smallest absolute Gasteiger partial charge is 0.303 e. The molecule has 0 bridgehead atoms. The molecule has 2 rings (SSSR count). The van der Waals surface area contributed by atoms with Crippen molar-refractivity contribution in [2.45, 2.75) is 25.7 Å². The van der Waals surface area contributed by atoms with E-state index in [-0.39, 0.29) is 12.3 Å². The number of hydrogen-bond acceptors (Lipinski definition) is 3. The van der Waals surface area contributed by atoms with Gasteiger partial charge in [-0.1, -0.05) is 12.1 Å². The van der Waals surface area contributed by atoms with Gasteiger partial charge in [0.15, 0.2) is 0 Å². The lowest BCUT2D eigenvalue weighted by molar-refractivity contribution is -0.137. The summed E-state index contributed by atoms with van der Waals surface area (Å²) in [5.74, 6) is -0.372. The quantitative estimate of drug-likeness (QED) is 0.824. The molecule has 0 saturated carbocycles. The Hall–Kier alpha value is -2.04. The fourth-order valence-electron chi connectivity index (χ4n) is 2.61. The van der Waals surface area contributed by atoms with Crippen molar-refractivity contribution in [2.75, 3.05) is 18.8 Å². The van der Waals surface area contributed by atoms with Crippen molar-refractivity contribution in [3.63, 3.8) is 0 Å². The normalized spacial score (nSPS) is 16.1. The average Bonchev–Trinajstić information content (AvgIpc) is 2.45. The molecule has 0 atom stereocenters. The van der Waals surface area contributed by atoms with Crippen LogP contribution in [0.3, 0.4) is 0 Å². The molecule has 0 aliphatic carbocycles. The number of nitrogens with two attached hydrogens (primary N) is 1. The van der Waals surface area contributed by atoms with Crippen LogP contribution in [-0.4, -0.2) is 35.0 Å². The molecule has 1 fully saturated rings. The number of piperidine rings is 1. The van der Waals surface area contributed by atoms with Gasteiger partial charge in [0.1, 0.15) is 0 Å². The maximum atomic E-state index is 12.3. The molecule has 1 aromatic rings. The van der Waals surface area contributed by atoms with Gasteiger partial charge in [-0.3, -0.25) is 9.59 Å². The fraction of sp³-hybridized carbons (Fsp3) is 0.467. The van der Waals surface area contributed by atoms with Gasteiger partial charge in [0.25, 0.3) is 5.91 Å². The number of carboxylic acid groups (broad SMARTS) is 1. The second kappa shape index (κ2) is 6.41. The third-order valence-corrected chi connectivity index (χ3v) is 3.86. The Labute approximate surface area is 118 Å². The third kappa shape index (κ3) is 3.50. The Morgan fingerprint density at radius 2 is 1.90 bits per heavy atom. The van der Waals surface area contributed by atoms with Crippen LogP contribution in [0, 0.1) is 5.92 Å². The number of para-hydroxylation sites is 1. The summed E-state index contributed by atoms with van der Waals surface area (Å²) in [5.41, 5.74) is 6.88. The molecule has 1 heterocycles. The molecule has 1 saturated heterocycles. The highest BCUT2D eigenvalue weighted by atomic mass is 16.4. The molecule has 1 aliphatic heterocycles. The minimum atomic E-state index is -0.749. The Balaban J connectivity index is 1.89. The first kappa shape index (κ1) is 14.4. The number of aliphatic carboxylic acids is 1. The fourth-order valence-corrected chi connectivity index (χ4v) is 2.61. The molecule has 3 N–H and O–H groups in total. The van der Waals surface area contributed by atoms with E-state index in [0.29, 0.717) is 36.7 Å². The number of hydrogen-bond donors (Lipinski definition) is 2. The first-order valence-corrected chi connectivity index (χ1v) is 6.93. The number of carbonyl (C=O) groups is 2. The summed E-state index contributed by atoms with van der Waals surface area (Å²) >= 11 is 0. The predicted molar refractivity (Wildman–Crippen MR) is 76.4 cm³/mol. The van der Waals surface area contributed by atoms with Gasteiger partial charge >= 0.3 is 5.97 Å². The van der Waals surface area contributed by atoms with Crippen molar-refractivity contribution < 1.29 is 14.7 Å². The molecule has 5 nitrogen and oxygen atoms in total. The summed E-state index contributed by atoms with van der Waals surface area (Å²) in [5, 5.41) is 8.69. The highest BCUT2D eigenvalue weighted by Gasteiger charge is 2.24. The minimum Gasteiger partial charge on any atom is -0.481 e. The highest BCUT2D eigenvalue weighted by Crippen LogP contribution is 2.24. The molecule has 1 aromatic carbocycles. The van der Waals surface area contributed by atoms with Crippen molar-refractivity contribution in [3.8, 4) is 0 Å². The molecule has 1 amide bonds. The number of benzene rings is 1. The maximum absolute atomic E-state index is 12.3. The summed E-state index contributed by atoms with van der Waals surface area (Å²) in [4.78, 5) is 24.7. The van der Waals surface area contributed by atoms with Crippen molar-refractivity contribution in [2.24, 2.45) is 5.92 Å². The molecule has 5 heteroatoms. The summed E-state index contributed by atoms with van der Waals surface area (Å²) in [7, 11) is 0. The molecule has 0 unspecified atom stereocenters. The van der Waals surface area contributed by atoms with Crippen LogP contribution in [0.1, 0.15) is 36.0 Å². The molecule has 0 radical (unpaired) electrons. The Kier molecular flexibility index (Phi) is 4.61. The summed E-state index contributed by atoms with van der Waals surface area (Å²) in [6, 6.07) is 7.09. The van der Waals surface area contributed by atoms with Gasteiger partial charge in [-0.25, -0.2) is 0 Å². The number of amides is 1. The van der Waals surface area contributed by atoms with E-state index in [1.165, 1.54) is 0 Å². The van der Waals surface area contributed by atoms with Gasteiger partial charge in [0.05, 0.1) is 5.56 Å². The largest absolute Gasteiger partial charge is 0.481 e. The first-order chi connectivity index (χ1) is 9.58. The molecule has 20 heavy (non-hydrogen) atoms. The monoisotopic (exact) mass is 276 g/mol. The van der Waals surface area contributed by atoms with Gasteiger partial charge < -0.3 is 15.7 Å². The second-order valence-corrected chi connectivity index (χ2v) is 5.26. The lowest BCUT2D eigenvalue weighted by Gasteiger charge is -2.32. The zero-order chi connectivity index (χ0) is 14.5. The van der Waals surface area contributed by atoms with Gasteiger partial charge in [0.2, 0.25) is 0 Å². The molecule has 108 valence electrons. The van der Waals surface area contributed by atoms with Crippen LogP contribution in [0.4, 0.5) is 5.69 Å². The van der Waals surface area contributed by atoms with Crippen LogP contribution >= 0.6 is 0 Å². The molecule has 0 spiro atoms. The minimum absolute atomic E-state index is 0.0280. The maximum Gasteiger partial charge on any atom is 0.303 e. The molecule has 0 aromatic heterocycles. The number of likely N-dealkylation sites (tertiary alicyclic amines) is 1. The molecular formula is C15H20N2O3. The Morgan fingerprint density at radius 3 is 2.50 bits per heavy atom. The predicted octanol–water partition coefficient (Wildman–Crippen LogP) is 1.99. The lowest BCUT2D eigenvalue weighted by atomic mass is 9.92. The topological polar surface area (TPSA) is 83.6 Å². The van der Waals surface area contributed by atoms with Crippen LogP contribution in [0.25, 0.3) is 0 Å². The van der Waals surface area contributed by atoms with E-state index >= 15 is 0 Å². The standard InChI is InChI=1S/C15H20N2O3/c16-13-4-2-1-3-12(13)15(20)17-9-7-11(8-10-17)5-6-14(18)19/h1-4,11H,5-10,16H2,(H,18,19). The van der Waals surface area contributed by atoms with Crippen LogP contribution in [-0.2, 0) is 4.79 Å². The second-order valence-electron chi connectivity index (χ2n) is 5.26. The lowest BCUT2D eigenvalue weighted by Crippen LogP contribution is -2.38. The summed E-state index contributed by atoms with van der Waals surface area (Å²) in [6.07, 6.45) is 2.65. The van der Waals surface area contributed by atoms with E-state index in [4.69, 9.17) is 10.8 Å². The van der Waals surface area contributed by atoms with E-state index in [9.17, 15) is 9.59 Å². The Bertz CT molecular complexity index is 494. The van der Waals surface area contributed by atoms with E-state index < -0.39 is 5.97 Å². The van der Waals surface area contributed by atoms with Gasteiger partial charge in [0, 0.05) is 25.2 Å². The summed E-state index contributed by atoms with van der Waals surface area (Å²) in [6.45, 7) is 1.36. The third-order valence-electron chi connectivity index (χ3n) is 3.86. The number of rotatable bonds is 4. The van der Waals surface area contributed by atoms with Crippen LogP contribution < -0.4 is 5.73 Å². The number of nitrogen functional groups attached to an aromatic ring is 1. The van der Waals surface area contributed by atoms with E-state index in [1.807, 2.05) is 17.0 Å². The van der Waals surface area contributed by atoms with Gasteiger partial charge in [-0.2, -0.15) is 0 Å². The van der Waals surface area contributed by atoms with Crippen LogP contribution in [0.15, 0.2) is 24.3 Å². The number of nitrogens with zero attached hydrogens (tertiary/aromatic N) is 1. The summed E-state index contributed by atoms with van der Waals surface area (Å²) < 4.78 is 0. The SMILES string of the molecule is Nc1ccccc1C(=O)N1CCC(CCC(=O)O)CC1. The first-order valence-electron chi connectivity index (χ1n) is 6.93. The number of carbonyl (C=O) groups excluding carboxylic acids is 1. The van der Waals surface area contributed by atoms with Crippen molar-refractivity contribution in [3.05, 3.63) is 29.8 Å². The van der Waals surface area contributed by atoms with E-state index in [2.05, 4.69) is 0 Å². The van der Waals surface area contributed by atoms with E-state index in [0.717, 1.165) is 12.8 Å². The van der Waals surface area contributed by atoms with Gasteiger partial charge in [-0.05, 0) is 37.3 Å². The number of anilines is 1. The van der Waals surface area contributed by atoms with Gasteiger partial charge in [-0.15, -0.1) is 0 Å².